The van der Waals surface area contributed by atoms with E-state index >= 15 is 0 Å². The summed E-state index contributed by atoms with van der Waals surface area (Å²) in [5.74, 6) is -2.40. The maximum Gasteiger partial charge on any atom is 0.309 e. The first-order valence-corrected chi connectivity index (χ1v) is 14.3. The van der Waals surface area contributed by atoms with Gasteiger partial charge < -0.3 is 10.0 Å². The summed E-state index contributed by atoms with van der Waals surface area (Å²) >= 11 is 19.0. The Morgan fingerprint density at radius 3 is 2.13 bits per heavy atom. The number of aromatic nitrogens is 2. The van der Waals surface area contributed by atoms with Crippen LogP contribution in [0.4, 0.5) is 4.39 Å². The van der Waals surface area contributed by atoms with Crippen LogP contribution in [0.3, 0.4) is 0 Å². The van der Waals surface area contributed by atoms with Crippen molar-refractivity contribution < 1.29 is 23.9 Å². The van der Waals surface area contributed by atoms with Gasteiger partial charge in [-0.25, -0.2) is 4.39 Å². The molecular weight excluding hydrogens is 568 g/mol. The SMILES string of the molecule is CC1(C)CCC(N(CC(=O)c2c(Cl)cc(F)cc2Cl)C(=O)c2cnn([C@H]3CC[C@](C)(C(=O)O)CC3)c2Cl)CC1. The van der Waals surface area contributed by atoms with E-state index in [1.54, 1.807) is 11.6 Å². The van der Waals surface area contributed by atoms with Crippen molar-refractivity contribution in [2.24, 2.45) is 10.8 Å². The molecule has 1 N–H and O–H groups in total. The number of halogens is 4. The fourth-order valence-corrected chi connectivity index (χ4v) is 6.69. The summed E-state index contributed by atoms with van der Waals surface area (Å²) in [6, 6.07) is 1.71. The Bertz CT molecular complexity index is 1250. The highest BCUT2D eigenvalue weighted by Crippen LogP contribution is 2.42. The lowest BCUT2D eigenvalue weighted by Crippen LogP contribution is -2.46. The molecule has 4 rings (SSSR count). The van der Waals surface area contributed by atoms with E-state index in [4.69, 9.17) is 34.8 Å². The molecule has 1 heterocycles. The predicted molar refractivity (Wildman–Crippen MR) is 148 cm³/mol. The van der Waals surface area contributed by atoms with Crippen LogP contribution in [0.15, 0.2) is 18.3 Å². The van der Waals surface area contributed by atoms with Crippen LogP contribution in [-0.4, -0.2) is 50.0 Å². The van der Waals surface area contributed by atoms with Crippen LogP contribution >= 0.6 is 34.8 Å². The highest BCUT2D eigenvalue weighted by Gasteiger charge is 2.40. The van der Waals surface area contributed by atoms with Gasteiger partial charge in [0.25, 0.3) is 5.91 Å². The maximum absolute atomic E-state index is 13.9. The summed E-state index contributed by atoms with van der Waals surface area (Å²) in [5, 5.41) is 13.9. The van der Waals surface area contributed by atoms with Gasteiger partial charge in [0.2, 0.25) is 0 Å². The highest BCUT2D eigenvalue weighted by molar-refractivity contribution is 6.40. The van der Waals surface area contributed by atoms with Gasteiger partial charge >= 0.3 is 5.97 Å². The van der Waals surface area contributed by atoms with E-state index < -0.39 is 28.9 Å². The van der Waals surface area contributed by atoms with Gasteiger partial charge in [0.1, 0.15) is 11.0 Å². The number of hydrogen-bond acceptors (Lipinski definition) is 4. The van der Waals surface area contributed by atoms with Crippen molar-refractivity contribution in [1.29, 1.82) is 0 Å². The summed E-state index contributed by atoms with van der Waals surface area (Å²) in [5.41, 5.74) is -0.507. The molecule has 2 aliphatic carbocycles. The fourth-order valence-electron chi connectivity index (χ4n) is 5.70. The maximum atomic E-state index is 13.9. The molecular formula is C28H33Cl3FN3O4. The lowest BCUT2D eigenvalue weighted by molar-refractivity contribution is -0.150. The molecule has 0 spiro atoms. The Hall–Kier alpha value is -2.16. The molecule has 2 fully saturated rings. The lowest BCUT2D eigenvalue weighted by atomic mass is 9.74. The molecule has 1 amide bonds. The third kappa shape index (κ3) is 6.28. The topological polar surface area (TPSA) is 92.5 Å². The quantitative estimate of drug-likeness (QED) is 0.333. The van der Waals surface area contributed by atoms with Crippen LogP contribution in [0.25, 0.3) is 0 Å². The number of nitrogens with zero attached hydrogens (tertiary/aromatic N) is 3. The van der Waals surface area contributed by atoms with E-state index in [9.17, 15) is 23.9 Å². The van der Waals surface area contributed by atoms with Gasteiger partial charge in [-0.2, -0.15) is 5.10 Å². The summed E-state index contributed by atoms with van der Waals surface area (Å²) in [4.78, 5) is 40.5. The van der Waals surface area contributed by atoms with Gasteiger partial charge in [0.05, 0.1) is 45.4 Å². The summed E-state index contributed by atoms with van der Waals surface area (Å²) in [6.07, 6.45) is 6.68. The first-order chi connectivity index (χ1) is 18.2. The smallest absolute Gasteiger partial charge is 0.309 e. The van der Waals surface area contributed by atoms with Crippen molar-refractivity contribution in [1.82, 2.24) is 14.7 Å². The largest absolute Gasteiger partial charge is 0.481 e. The van der Waals surface area contributed by atoms with Crippen LogP contribution in [0.1, 0.15) is 98.9 Å². The first kappa shape index (κ1) is 29.8. The monoisotopic (exact) mass is 599 g/mol. The fraction of sp³-hybridized carbons (Fsp3) is 0.571. The van der Waals surface area contributed by atoms with E-state index in [1.165, 1.54) is 11.1 Å². The Balaban J connectivity index is 1.60. The van der Waals surface area contributed by atoms with E-state index in [1.807, 2.05) is 0 Å². The normalized spacial score (nSPS) is 23.4. The molecule has 0 atom stereocenters. The number of amides is 1. The number of benzene rings is 1. The molecule has 0 radical (unpaired) electrons. The Morgan fingerprint density at radius 2 is 1.59 bits per heavy atom. The van der Waals surface area contributed by atoms with E-state index in [0.717, 1.165) is 25.0 Å². The van der Waals surface area contributed by atoms with Gasteiger partial charge in [0, 0.05) is 6.04 Å². The number of carboxylic acid groups (broad SMARTS) is 1. The van der Waals surface area contributed by atoms with Crippen LogP contribution < -0.4 is 0 Å². The molecule has 1 aromatic carbocycles. The van der Waals surface area contributed by atoms with Crippen molar-refractivity contribution in [3.8, 4) is 0 Å². The summed E-state index contributed by atoms with van der Waals surface area (Å²) in [7, 11) is 0. The van der Waals surface area contributed by atoms with Gasteiger partial charge in [-0.15, -0.1) is 0 Å². The standard InChI is InChI=1S/C28H33Cl3FN3O4/c1-27(2)8-4-17(5-9-27)34(15-22(36)23-20(29)12-16(32)13-21(23)30)25(37)19-14-33-35(24(19)31)18-6-10-28(3,11-7-18)26(38)39/h12-14,17-18H,4-11,15H2,1-3H3,(H,38,39)/t18-,28-. The molecule has 7 nitrogen and oxygen atoms in total. The van der Waals surface area contributed by atoms with E-state index in [0.29, 0.717) is 38.5 Å². The van der Waals surface area contributed by atoms with Gasteiger partial charge in [-0.05, 0) is 75.8 Å². The number of rotatable bonds is 7. The van der Waals surface area contributed by atoms with Crippen molar-refractivity contribution >= 4 is 52.5 Å². The average Bonchev–Trinajstić information content (AvgIpc) is 3.23. The second-order valence-corrected chi connectivity index (χ2v) is 13.1. The minimum absolute atomic E-state index is 0.0286. The molecule has 0 bridgehead atoms. The number of carbonyl (C=O) groups excluding carboxylic acids is 2. The number of hydrogen-bond donors (Lipinski definition) is 1. The molecule has 11 heteroatoms. The van der Waals surface area contributed by atoms with Crippen LogP contribution in [0, 0.1) is 16.6 Å². The Kier molecular flexibility index (Phi) is 8.70. The van der Waals surface area contributed by atoms with E-state index in [-0.39, 0.29) is 50.4 Å². The average molecular weight is 601 g/mol. The molecule has 39 heavy (non-hydrogen) atoms. The summed E-state index contributed by atoms with van der Waals surface area (Å²) in [6.45, 7) is 5.81. The predicted octanol–water partition coefficient (Wildman–Crippen LogP) is 7.48. The number of ketones is 1. The van der Waals surface area contributed by atoms with Crippen LogP contribution in [-0.2, 0) is 4.79 Å². The second kappa shape index (κ2) is 11.4. The number of carboxylic acids is 1. The second-order valence-electron chi connectivity index (χ2n) is 11.9. The Morgan fingerprint density at radius 1 is 1.03 bits per heavy atom. The highest BCUT2D eigenvalue weighted by atomic mass is 35.5. The van der Waals surface area contributed by atoms with Crippen LogP contribution in [0.5, 0.6) is 0 Å². The number of aliphatic carboxylic acids is 1. The van der Waals surface area contributed by atoms with Gasteiger partial charge in [-0.1, -0.05) is 48.7 Å². The minimum atomic E-state index is -0.819. The number of Topliss-reactive ketones (excluding diaryl/α,β-unsaturated/α-hetero) is 1. The molecule has 0 unspecified atom stereocenters. The number of carbonyl (C=O) groups is 3. The molecule has 2 aliphatic rings. The molecule has 1 aromatic heterocycles. The van der Waals surface area contributed by atoms with Crippen molar-refractivity contribution in [3.05, 3.63) is 50.5 Å². The van der Waals surface area contributed by atoms with Crippen LogP contribution in [0.2, 0.25) is 15.2 Å². The third-order valence-corrected chi connectivity index (χ3v) is 9.47. The zero-order valence-corrected chi connectivity index (χ0v) is 24.5. The van der Waals surface area contributed by atoms with Gasteiger partial charge in [0.15, 0.2) is 5.78 Å². The van der Waals surface area contributed by atoms with E-state index in [2.05, 4.69) is 18.9 Å². The van der Waals surface area contributed by atoms with Gasteiger partial charge in [-0.3, -0.25) is 19.1 Å². The minimum Gasteiger partial charge on any atom is -0.481 e. The van der Waals surface area contributed by atoms with Crippen molar-refractivity contribution in [2.45, 2.75) is 84.2 Å². The zero-order valence-electron chi connectivity index (χ0n) is 22.3. The first-order valence-electron chi connectivity index (χ1n) is 13.2. The van der Waals surface area contributed by atoms with Crippen molar-refractivity contribution in [2.75, 3.05) is 6.54 Å². The third-order valence-electron chi connectivity index (χ3n) is 8.50. The van der Waals surface area contributed by atoms with Crippen molar-refractivity contribution in [3.63, 3.8) is 0 Å². The zero-order chi connectivity index (χ0) is 28.7. The Labute approximate surface area is 242 Å². The molecule has 212 valence electrons. The molecule has 0 saturated heterocycles. The molecule has 2 saturated carbocycles. The molecule has 0 aliphatic heterocycles. The lowest BCUT2D eigenvalue weighted by Gasteiger charge is -2.40. The molecule has 2 aromatic rings. The summed E-state index contributed by atoms with van der Waals surface area (Å²) < 4.78 is 15.3.